The lowest BCUT2D eigenvalue weighted by atomic mass is 9.54. The average molecular weight is 495 g/mol. The van der Waals surface area contributed by atoms with Crippen LogP contribution in [0.5, 0.6) is 0 Å². The molecule has 5 aliphatic rings. The standard InChI is InChI=1S/C26H20Cl2N2O4/c1-11-3-5-13(9-17(11)27)29-23(31)19-15-7-8-16(20(19)24(29)32)22-21(15)25(33)30(26(22)34)14-6-4-12(2)18(28)10-14/h3-10,15-16,19-22H,1-2H3/t15?,16?,19-,20+,21-,22+. The first kappa shape index (κ1) is 21.6. The Morgan fingerprint density at radius 2 is 0.912 bits per heavy atom. The van der Waals surface area contributed by atoms with E-state index in [1.807, 2.05) is 26.0 Å². The van der Waals surface area contributed by atoms with Crippen LogP contribution in [0, 0.1) is 49.4 Å². The summed E-state index contributed by atoms with van der Waals surface area (Å²) in [5.74, 6) is -5.13. The van der Waals surface area contributed by atoms with E-state index in [2.05, 4.69) is 0 Å². The van der Waals surface area contributed by atoms with Crippen LogP contribution in [0.15, 0.2) is 48.6 Å². The minimum atomic E-state index is -0.679. The molecule has 0 N–H and O–H groups in total. The molecule has 172 valence electrons. The maximum Gasteiger partial charge on any atom is 0.238 e. The van der Waals surface area contributed by atoms with Gasteiger partial charge in [-0.3, -0.25) is 19.2 Å². The molecule has 0 radical (unpaired) electrons. The summed E-state index contributed by atoms with van der Waals surface area (Å²) in [7, 11) is 0. The molecule has 3 aliphatic carbocycles. The molecule has 2 aliphatic heterocycles. The molecule has 0 unspecified atom stereocenters. The number of benzene rings is 2. The fraction of sp³-hybridized carbons (Fsp3) is 0.308. The summed E-state index contributed by atoms with van der Waals surface area (Å²) in [6.45, 7) is 3.68. The summed E-state index contributed by atoms with van der Waals surface area (Å²) >= 11 is 12.5. The van der Waals surface area contributed by atoms with Gasteiger partial charge < -0.3 is 0 Å². The molecule has 2 aromatic carbocycles. The third kappa shape index (κ3) is 2.70. The number of carbonyl (C=O) groups excluding carboxylic acids is 4. The number of allylic oxidation sites excluding steroid dienone is 2. The van der Waals surface area contributed by atoms with Gasteiger partial charge in [0.15, 0.2) is 0 Å². The molecule has 4 amide bonds. The van der Waals surface area contributed by atoms with Crippen LogP contribution in [-0.4, -0.2) is 23.6 Å². The zero-order valence-electron chi connectivity index (χ0n) is 18.4. The Kier molecular flexibility index (Phi) is 4.61. The minimum Gasteiger partial charge on any atom is -0.274 e. The average Bonchev–Trinajstić information content (AvgIpc) is 3.25. The number of aryl methyl sites for hydroxylation is 2. The van der Waals surface area contributed by atoms with Crippen LogP contribution in [0.4, 0.5) is 11.4 Å². The summed E-state index contributed by atoms with van der Waals surface area (Å²) in [6.07, 6.45) is 3.70. The van der Waals surface area contributed by atoms with Crippen LogP contribution >= 0.6 is 23.2 Å². The SMILES string of the molecule is Cc1ccc(N2C(=O)[C@@H]3C4C=CC([C@@H]3C2=O)[C@@H]2C(=O)N(c3ccc(C)c(Cl)c3)C(=O)[C@H]42)cc1Cl. The van der Waals surface area contributed by atoms with E-state index in [9.17, 15) is 19.2 Å². The normalized spacial score (nSPS) is 31.5. The second kappa shape index (κ2) is 7.27. The first-order valence-electron chi connectivity index (χ1n) is 11.2. The highest BCUT2D eigenvalue weighted by atomic mass is 35.5. The van der Waals surface area contributed by atoms with Crippen molar-refractivity contribution in [2.45, 2.75) is 13.8 Å². The molecule has 3 fully saturated rings. The van der Waals surface area contributed by atoms with Gasteiger partial charge in [-0.05, 0) is 49.2 Å². The van der Waals surface area contributed by atoms with Crippen LogP contribution in [0.1, 0.15) is 11.1 Å². The molecule has 0 spiro atoms. The Bertz CT molecular complexity index is 1210. The van der Waals surface area contributed by atoms with Crippen LogP contribution in [-0.2, 0) is 19.2 Å². The first-order valence-corrected chi connectivity index (χ1v) is 11.9. The monoisotopic (exact) mass is 494 g/mol. The van der Waals surface area contributed by atoms with Crippen molar-refractivity contribution in [1.82, 2.24) is 0 Å². The lowest BCUT2D eigenvalue weighted by Gasteiger charge is -2.44. The predicted octanol–water partition coefficient (Wildman–Crippen LogP) is 4.34. The van der Waals surface area contributed by atoms with Crippen molar-refractivity contribution in [3.63, 3.8) is 0 Å². The third-order valence-electron chi connectivity index (χ3n) is 7.84. The summed E-state index contributed by atoms with van der Waals surface area (Å²) in [6, 6.07) is 10.1. The molecule has 1 saturated carbocycles. The largest absolute Gasteiger partial charge is 0.274 e. The van der Waals surface area contributed by atoms with Crippen molar-refractivity contribution >= 4 is 58.2 Å². The van der Waals surface area contributed by atoms with Crippen molar-refractivity contribution < 1.29 is 19.2 Å². The number of hydrogen-bond donors (Lipinski definition) is 0. The topological polar surface area (TPSA) is 74.8 Å². The van der Waals surface area contributed by atoms with E-state index in [0.717, 1.165) is 11.1 Å². The summed E-state index contributed by atoms with van der Waals surface area (Å²) < 4.78 is 0. The predicted molar refractivity (Wildman–Crippen MR) is 127 cm³/mol. The van der Waals surface area contributed by atoms with Crippen molar-refractivity contribution in [2.75, 3.05) is 9.80 Å². The van der Waals surface area contributed by atoms with E-state index in [0.29, 0.717) is 21.4 Å². The van der Waals surface area contributed by atoms with Gasteiger partial charge in [0.2, 0.25) is 23.6 Å². The molecule has 2 saturated heterocycles. The van der Waals surface area contributed by atoms with Gasteiger partial charge in [-0.25, -0.2) is 9.80 Å². The smallest absolute Gasteiger partial charge is 0.238 e. The lowest BCUT2D eigenvalue weighted by Crippen LogP contribution is -2.50. The molecule has 8 heteroatoms. The Morgan fingerprint density at radius 1 is 0.588 bits per heavy atom. The molecular formula is C26H20Cl2N2O4. The van der Waals surface area contributed by atoms with E-state index in [4.69, 9.17) is 23.2 Å². The highest BCUT2D eigenvalue weighted by Gasteiger charge is 2.68. The van der Waals surface area contributed by atoms with Gasteiger partial charge in [0.05, 0.1) is 35.0 Å². The molecule has 0 aromatic heterocycles. The zero-order chi connectivity index (χ0) is 24.0. The quantitative estimate of drug-likeness (QED) is 0.459. The van der Waals surface area contributed by atoms with Gasteiger partial charge in [-0.1, -0.05) is 47.5 Å². The number of amides is 4. The molecule has 7 rings (SSSR count). The summed E-state index contributed by atoms with van der Waals surface area (Å²) in [5, 5.41) is 0.924. The molecule has 4 atom stereocenters. The summed E-state index contributed by atoms with van der Waals surface area (Å²) in [5.41, 5.74) is 2.51. The van der Waals surface area contributed by atoms with Crippen molar-refractivity contribution in [3.8, 4) is 0 Å². The number of nitrogens with zero attached hydrogens (tertiary/aromatic N) is 2. The summed E-state index contributed by atoms with van der Waals surface area (Å²) in [4.78, 5) is 56.6. The zero-order valence-corrected chi connectivity index (χ0v) is 19.9. The molecule has 2 bridgehead atoms. The van der Waals surface area contributed by atoms with Gasteiger partial charge in [-0.15, -0.1) is 0 Å². The van der Waals surface area contributed by atoms with Crippen LogP contribution in [0.25, 0.3) is 0 Å². The van der Waals surface area contributed by atoms with Crippen molar-refractivity contribution in [1.29, 1.82) is 0 Å². The number of carbonyl (C=O) groups is 4. The Hall–Kier alpha value is -2.96. The maximum absolute atomic E-state index is 13.5. The second-order valence-corrected chi connectivity index (χ2v) is 10.3. The van der Waals surface area contributed by atoms with E-state index >= 15 is 0 Å². The van der Waals surface area contributed by atoms with Gasteiger partial charge in [-0.2, -0.15) is 0 Å². The maximum atomic E-state index is 13.5. The number of imide groups is 2. The number of rotatable bonds is 2. The fourth-order valence-corrected chi connectivity index (χ4v) is 6.53. The molecule has 2 heterocycles. The first-order chi connectivity index (χ1) is 16.2. The Morgan fingerprint density at radius 3 is 1.21 bits per heavy atom. The number of anilines is 2. The highest BCUT2D eigenvalue weighted by Crippen LogP contribution is 2.58. The van der Waals surface area contributed by atoms with E-state index in [1.54, 1.807) is 36.4 Å². The van der Waals surface area contributed by atoms with Gasteiger partial charge in [0.1, 0.15) is 0 Å². The van der Waals surface area contributed by atoms with Crippen molar-refractivity contribution in [3.05, 3.63) is 69.7 Å². The van der Waals surface area contributed by atoms with Crippen LogP contribution in [0.2, 0.25) is 10.0 Å². The minimum absolute atomic E-state index is 0.343. The van der Waals surface area contributed by atoms with Gasteiger partial charge >= 0.3 is 0 Å². The third-order valence-corrected chi connectivity index (χ3v) is 8.65. The number of hydrogen-bond acceptors (Lipinski definition) is 4. The molecule has 34 heavy (non-hydrogen) atoms. The Balaban J connectivity index is 1.39. The second-order valence-electron chi connectivity index (χ2n) is 9.53. The highest BCUT2D eigenvalue weighted by molar-refractivity contribution is 6.33. The van der Waals surface area contributed by atoms with E-state index in [-0.39, 0.29) is 23.6 Å². The fourth-order valence-electron chi connectivity index (χ4n) is 6.18. The van der Waals surface area contributed by atoms with Crippen LogP contribution < -0.4 is 9.80 Å². The van der Waals surface area contributed by atoms with E-state index < -0.39 is 35.5 Å². The molecular weight excluding hydrogens is 475 g/mol. The van der Waals surface area contributed by atoms with Crippen LogP contribution in [0.3, 0.4) is 0 Å². The van der Waals surface area contributed by atoms with Gasteiger partial charge in [0, 0.05) is 21.9 Å². The Labute approximate surface area is 206 Å². The molecule has 2 aromatic rings. The number of halogens is 2. The van der Waals surface area contributed by atoms with Gasteiger partial charge in [0.25, 0.3) is 0 Å². The molecule has 6 nitrogen and oxygen atoms in total. The van der Waals surface area contributed by atoms with Crippen molar-refractivity contribution in [2.24, 2.45) is 35.5 Å². The van der Waals surface area contributed by atoms with E-state index in [1.165, 1.54) is 9.80 Å². The lowest BCUT2D eigenvalue weighted by molar-refractivity contribution is -0.137.